The molecule has 6 heterocycles. The molecule has 0 saturated carbocycles. The van der Waals surface area contributed by atoms with E-state index in [0.717, 1.165) is 16.7 Å². The molecule has 27 heteroatoms. The molecule has 0 aromatic heterocycles. The molecule has 0 aliphatic carbocycles. The van der Waals surface area contributed by atoms with Crippen molar-refractivity contribution >= 4 is 22.0 Å². The van der Waals surface area contributed by atoms with Gasteiger partial charge < -0.3 is 97.0 Å². The van der Waals surface area contributed by atoms with Crippen LogP contribution in [0.15, 0.2) is 91.0 Å². The van der Waals surface area contributed by atoms with E-state index in [2.05, 4.69) is 0 Å². The van der Waals surface area contributed by atoms with Gasteiger partial charge in [-0.15, -0.1) is 0 Å². The Kier molecular flexibility index (Phi) is 24.1. The SMILES string of the molecule is CC(=O)C(C)=O.CO[C@]1(C)OC2[C@H](OCc3ccccc3)O[C@H](CO)[C@H](O)[C@@H]2O[C@@]1(C)OC.CO[C@]1(C)O[C@H]2[C@H]3OS(=O)(=O)OC[C@H]3O[C@@H](OCc3ccccc3)[C@@H]2O[C@@]1(C)OC.OC[C@H]1O[C@@H](OCc2ccccc2)[C@H](O)[C@@H](O)[C@H]1O. The Hall–Kier alpha value is -3.93. The van der Waals surface area contributed by atoms with Crippen LogP contribution in [-0.4, -0.2) is 214 Å². The molecule has 82 heavy (non-hydrogen) atoms. The summed E-state index contributed by atoms with van der Waals surface area (Å²) in [5, 5.41) is 58.2. The van der Waals surface area contributed by atoms with Crippen molar-refractivity contribution in [2.75, 3.05) is 48.3 Å². The lowest BCUT2D eigenvalue weighted by molar-refractivity contribution is -0.484. The van der Waals surface area contributed by atoms with Gasteiger partial charge in [-0.2, -0.15) is 8.42 Å². The van der Waals surface area contributed by atoms with Crippen molar-refractivity contribution in [1.82, 2.24) is 0 Å². The molecule has 460 valence electrons. The monoisotopic (exact) mass is 1190 g/mol. The summed E-state index contributed by atoms with van der Waals surface area (Å²) in [7, 11) is 1.68. The minimum Gasteiger partial charge on any atom is -0.394 e. The van der Waals surface area contributed by atoms with Crippen molar-refractivity contribution in [3.63, 3.8) is 0 Å². The molecule has 1 unspecified atom stereocenters. The maximum Gasteiger partial charge on any atom is 0.400 e. The lowest BCUT2D eigenvalue weighted by Gasteiger charge is -2.57. The van der Waals surface area contributed by atoms with E-state index in [1.807, 2.05) is 91.0 Å². The Morgan fingerprint density at radius 1 is 0.488 bits per heavy atom. The van der Waals surface area contributed by atoms with Gasteiger partial charge in [0.15, 0.2) is 30.4 Å². The third-order valence-electron chi connectivity index (χ3n) is 14.8. The second kappa shape index (κ2) is 29.4. The topological polar surface area (TPSA) is 337 Å². The number of benzene rings is 3. The summed E-state index contributed by atoms with van der Waals surface area (Å²) in [6.07, 6.45) is -15.0. The van der Waals surface area contributed by atoms with Crippen LogP contribution in [0.5, 0.6) is 0 Å². The predicted octanol–water partition coefficient (Wildman–Crippen LogP) is 1.06. The van der Waals surface area contributed by atoms with Gasteiger partial charge in [0.25, 0.3) is 0 Å². The fraction of sp³-hybridized carbons (Fsp3) is 0.636. The van der Waals surface area contributed by atoms with Crippen molar-refractivity contribution in [1.29, 1.82) is 0 Å². The molecule has 0 radical (unpaired) electrons. The highest BCUT2D eigenvalue weighted by Gasteiger charge is 2.65. The highest BCUT2D eigenvalue weighted by Crippen LogP contribution is 2.47. The molecule has 6 aliphatic heterocycles. The van der Waals surface area contributed by atoms with E-state index >= 15 is 0 Å². The third kappa shape index (κ3) is 15.9. The second-order valence-electron chi connectivity index (χ2n) is 20.1. The van der Waals surface area contributed by atoms with E-state index in [1.165, 1.54) is 42.3 Å². The fourth-order valence-corrected chi connectivity index (χ4v) is 10.00. The van der Waals surface area contributed by atoms with Crippen molar-refractivity contribution in [2.45, 2.75) is 177 Å². The predicted molar refractivity (Wildman–Crippen MR) is 280 cm³/mol. The number of ether oxygens (including phenoxy) is 14. The number of aliphatic hydroxyl groups is 6. The molecular formula is C55H78O26S. The normalized spacial score (nSPS) is 38.2. The first-order chi connectivity index (χ1) is 38.8. The zero-order valence-electron chi connectivity index (χ0n) is 47.3. The Morgan fingerprint density at radius 2 is 0.841 bits per heavy atom. The van der Waals surface area contributed by atoms with Gasteiger partial charge in [0, 0.05) is 42.3 Å². The lowest BCUT2D eigenvalue weighted by atomic mass is 9.94. The third-order valence-corrected chi connectivity index (χ3v) is 15.6. The number of methoxy groups -OCH3 is 4. The molecule has 9 rings (SSSR count). The number of rotatable bonds is 16. The number of hydrogen-bond donors (Lipinski definition) is 6. The van der Waals surface area contributed by atoms with Crippen LogP contribution in [0.4, 0.5) is 0 Å². The fourth-order valence-electron chi connectivity index (χ4n) is 9.14. The minimum atomic E-state index is -4.18. The molecule has 3 aromatic carbocycles. The van der Waals surface area contributed by atoms with E-state index in [9.17, 15) is 43.5 Å². The van der Waals surface area contributed by atoms with Crippen LogP contribution in [0.1, 0.15) is 58.2 Å². The van der Waals surface area contributed by atoms with E-state index < -0.39 is 132 Å². The molecule has 6 saturated heterocycles. The van der Waals surface area contributed by atoms with Crippen LogP contribution in [0.3, 0.4) is 0 Å². The first-order valence-corrected chi connectivity index (χ1v) is 27.6. The minimum absolute atomic E-state index is 0.198. The average molecular weight is 1190 g/mol. The van der Waals surface area contributed by atoms with Crippen LogP contribution in [0.2, 0.25) is 0 Å². The average Bonchev–Trinajstić information content (AvgIpc) is 3.05. The molecule has 3 aromatic rings. The smallest absolute Gasteiger partial charge is 0.394 e. The van der Waals surface area contributed by atoms with Gasteiger partial charge in [-0.1, -0.05) is 91.0 Å². The van der Waals surface area contributed by atoms with Crippen molar-refractivity contribution in [3.05, 3.63) is 108 Å². The molecule has 19 atom stereocenters. The maximum atomic E-state index is 11.9. The molecule has 6 fully saturated rings. The number of ketones is 2. The summed E-state index contributed by atoms with van der Waals surface area (Å²) in [6.45, 7) is 8.82. The van der Waals surface area contributed by atoms with E-state index in [1.54, 1.807) is 27.7 Å². The largest absolute Gasteiger partial charge is 0.400 e. The van der Waals surface area contributed by atoms with Crippen LogP contribution in [0, 0.1) is 0 Å². The zero-order valence-corrected chi connectivity index (χ0v) is 48.1. The van der Waals surface area contributed by atoms with Crippen molar-refractivity contribution in [2.24, 2.45) is 0 Å². The van der Waals surface area contributed by atoms with Crippen molar-refractivity contribution < 1.29 is 123 Å². The van der Waals surface area contributed by atoms with Gasteiger partial charge >= 0.3 is 10.4 Å². The highest BCUT2D eigenvalue weighted by molar-refractivity contribution is 7.81. The Balaban J connectivity index is 0.000000192. The van der Waals surface area contributed by atoms with Gasteiger partial charge in [0.05, 0.1) is 39.6 Å². The van der Waals surface area contributed by atoms with Crippen LogP contribution >= 0.6 is 0 Å². The molecule has 26 nitrogen and oxygen atoms in total. The molecule has 6 aliphatic rings. The molecule has 0 spiro atoms. The van der Waals surface area contributed by atoms with Gasteiger partial charge in [0.2, 0.25) is 23.1 Å². The number of aliphatic hydroxyl groups excluding tert-OH is 6. The van der Waals surface area contributed by atoms with E-state index in [0.29, 0.717) is 0 Å². The number of hydrogen-bond acceptors (Lipinski definition) is 26. The highest BCUT2D eigenvalue weighted by atomic mass is 32.3. The number of fused-ring (bicyclic) bond motifs is 4. The van der Waals surface area contributed by atoms with Gasteiger partial charge in [0.1, 0.15) is 73.2 Å². The summed E-state index contributed by atoms with van der Waals surface area (Å²) >= 11 is 0. The summed E-state index contributed by atoms with van der Waals surface area (Å²) < 4.78 is 115. The Morgan fingerprint density at radius 3 is 1.24 bits per heavy atom. The first-order valence-electron chi connectivity index (χ1n) is 26.2. The first kappa shape index (κ1) is 67.2. The van der Waals surface area contributed by atoms with Gasteiger partial charge in [-0.25, -0.2) is 8.37 Å². The maximum absolute atomic E-state index is 11.9. The summed E-state index contributed by atoms with van der Waals surface area (Å²) in [4.78, 5) is 19.6. The number of Topliss-reactive ketones (excluding diaryl/α,β-unsaturated/α-hetero) is 2. The van der Waals surface area contributed by atoms with Gasteiger partial charge in [-0.3, -0.25) is 9.59 Å². The lowest BCUT2D eigenvalue weighted by Crippen LogP contribution is -2.74. The van der Waals surface area contributed by atoms with Crippen LogP contribution < -0.4 is 0 Å². The van der Waals surface area contributed by atoms with Crippen LogP contribution in [-0.2, 0) is 114 Å². The zero-order chi connectivity index (χ0) is 60.2. The Labute approximate surface area is 476 Å². The molecule has 0 amide bonds. The quantitative estimate of drug-likeness (QED) is 0.109. The standard InChI is InChI=1S/C19H26O10S.C19H28O8.C13H18O6.C4H6O2/c1-18(22-3)19(2,23-4)28-16-15(27-18)14-13(11-25-30(20,21)29-14)26-17(16)24-10-12-8-6-5-7-9-12;1-18(22-3)19(2,23-4)27-16-15(26-18)14(21)13(10-20)25-17(16)24-11-12-8-6-5-7-9-12;14-6-9-10(15)11(16)12(17)13(19-9)18-7-8-4-2-1-3-5-8;1-3(5)4(2)6/h5-9,13-17H,10-11H2,1-4H3;5-9,13-17,20-21H,10-11H2,1-4H3;1-5,9-17H,6-7H2;1-2H3/t13-,14+,15+,16-,17-,18-,19-;13-,14+,15+,16?,17-,18-,19-;9-,10+,11+,12-,13-;/m111./s1. The summed E-state index contributed by atoms with van der Waals surface area (Å²) in [5.74, 6) is -5.96. The number of carbonyl (C=O) groups excluding carboxylic acids is 2. The summed E-state index contributed by atoms with van der Waals surface area (Å²) in [6, 6.07) is 28.4. The van der Waals surface area contributed by atoms with Crippen LogP contribution in [0.25, 0.3) is 0 Å². The molecule has 0 bridgehead atoms. The second-order valence-corrected chi connectivity index (χ2v) is 21.4. The molecular weight excluding hydrogens is 1110 g/mol. The molecule has 6 N–H and O–H groups in total. The Bertz CT molecular complexity index is 2540. The van der Waals surface area contributed by atoms with E-state index in [-0.39, 0.29) is 44.6 Å². The van der Waals surface area contributed by atoms with Gasteiger partial charge in [-0.05, 0) is 44.4 Å². The number of carbonyl (C=O) groups is 2. The van der Waals surface area contributed by atoms with Crippen molar-refractivity contribution in [3.8, 4) is 0 Å². The van der Waals surface area contributed by atoms with E-state index in [4.69, 9.17) is 79.8 Å². The summed E-state index contributed by atoms with van der Waals surface area (Å²) in [5.41, 5.74) is 2.78.